The molecule has 1 aliphatic rings. The lowest BCUT2D eigenvalue weighted by Gasteiger charge is -2.28. The Morgan fingerprint density at radius 3 is 2.89 bits per heavy atom. The molecule has 1 fully saturated rings. The van der Waals surface area contributed by atoms with Gasteiger partial charge in [0.25, 0.3) is 0 Å². The number of nitrogens with one attached hydrogen (secondary N) is 1. The third kappa shape index (κ3) is 3.30. The quantitative estimate of drug-likeness (QED) is 0.897. The molecule has 0 radical (unpaired) electrons. The molecular formula is C15H22BrNO2. The predicted octanol–water partition coefficient (Wildman–Crippen LogP) is 3.53. The highest BCUT2D eigenvalue weighted by Gasteiger charge is 2.34. The van der Waals surface area contributed by atoms with Gasteiger partial charge in [0, 0.05) is 16.6 Å². The van der Waals surface area contributed by atoms with Crippen molar-refractivity contribution in [3.63, 3.8) is 0 Å². The lowest BCUT2D eigenvalue weighted by molar-refractivity contribution is 0.0604. The van der Waals surface area contributed by atoms with Gasteiger partial charge in [-0.1, -0.05) is 29.8 Å². The normalized spacial score (nSPS) is 24.4. The van der Waals surface area contributed by atoms with Crippen LogP contribution in [0, 0.1) is 5.92 Å². The van der Waals surface area contributed by atoms with Crippen LogP contribution >= 0.6 is 15.9 Å². The van der Waals surface area contributed by atoms with Crippen LogP contribution < -0.4 is 10.1 Å². The van der Waals surface area contributed by atoms with Crippen LogP contribution in [0.4, 0.5) is 0 Å². The van der Waals surface area contributed by atoms with E-state index in [9.17, 15) is 0 Å². The van der Waals surface area contributed by atoms with Crippen LogP contribution in [0.15, 0.2) is 22.7 Å². The second-order valence-electron chi connectivity index (χ2n) is 5.02. The van der Waals surface area contributed by atoms with Crippen LogP contribution in [0.1, 0.15) is 31.9 Å². The molecule has 0 bridgehead atoms. The molecule has 1 aliphatic heterocycles. The highest BCUT2D eigenvalue weighted by Crippen LogP contribution is 2.36. The molecule has 3 unspecified atom stereocenters. The molecule has 0 saturated carbocycles. The number of halogens is 1. The van der Waals surface area contributed by atoms with E-state index in [2.05, 4.69) is 41.2 Å². The van der Waals surface area contributed by atoms with Gasteiger partial charge in [0.05, 0.1) is 19.3 Å². The third-order valence-corrected chi connectivity index (χ3v) is 4.22. The van der Waals surface area contributed by atoms with E-state index in [0.29, 0.717) is 5.92 Å². The SMILES string of the molecule is CCNC(c1cc(Br)ccc1OC)C1OCCC1C. The van der Waals surface area contributed by atoms with Crippen molar-refractivity contribution >= 4 is 15.9 Å². The van der Waals surface area contributed by atoms with Crippen molar-refractivity contribution in [2.24, 2.45) is 5.92 Å². The molecule has 1 heterocycles. The first-order valence-corrected chi connectivity index (χ1v) is 7.65. The van der Waals surface area contributed by atoms with Gasteiger partial charge in [0.15, 0.2) is 0 Å². The maximum atomic E-state index is 5.94. The van der Waals surface area contributed by atoms with Gasteiger partial charge in [-0.3, -0.25) is 0 Å². The van der Waals surface area contributed by atoms with Gasteiger partial charge in [-0.05, 0) is 37.1 Å². The smallest absolute Gasteiger partial charge is 0.123 e. The van der Waals surface area contributed by atoms with E-state index in [-0.39, 0.29) is 12.1 Å². The molecule has 2 rings (SSSR count). The van der Waals surface area contributed by atoms with Crippen molar-refractivity contribution in [1.82, 2.24) is 5.32 Å². The van der Waals surface area contributed by atoms with Gasteiger partial charge >= 0.3 is 0 Å². The fraction of sp³-hybridized carbons (Fsp3) is 0.600. The van der Waals surface area contributed by atoms with Crippen LogP contribution in [-0.4, -0.2) is 26.4 Å². The predicted molar refractivity (Wildman–Crippen MR) is 80.6 cm³/mol. The topological polar surface area (TPSA) is 30.5 Å². The molecule has 1 N–H and O–H groups in total. The molecular weight excluding hydrogens is 306 g/mol. The van der Waals surface area contributed by atoms with E-state index < -0.39 is 0 Å². The van der Waals surface area contributed by atoms with E-state index in [4.69, 9.17) is 9.47 Å². The first-order valence-electron chi connectivity index (χ1n) is 6.85. The fourth-order valence-electron chi connectivity index (χ4n) is 2.71. The molecule has 3 nitrogen and oxygen atoms in total. The van der Waals surface area contributed by atoms with E-state index >= 15 is 0 Å². The highest BCUT2D eigenvalue weighted by atomic mass is 79.9. The summed E-state index contributed by atoms with van der Waals surface area (Å²) in [5.74, 6) is 1.48. The fourth-order valence-corrected chi connectivity index (χ4v) is 3.09. The molecule has 0 aromatic heterocycles. The third-order valence-electron chi connectivity index (χ3n) is 3.72. The molecule has 1 aromatic carbocycles. The Kier molecular flexibility index (Phi) is 5.25. The zero-order valence-electron chi connectivity index (χ0n) is 11.8. The first kappa shape index (κ1) is 14.8. The number of hydrogen-bond acceptors (Lipinski definition) is 3. The molecule has 4 heteroatoms. The minimum Gasteiger partial charge on any atom is -0.496 e. The van der Waals surface area contributed by atoms with E-state index in [1.54, 1.807) is 7.11 Å². The van der Waals surface area contributed by atoms with Crippen molar-refractivity contribution in [2.45, 2.75) is 32.4 Å². The summed E-state index contributed by atoms with van der Waals surface area (Å²) in [6.45, 7) is 6.14. The zero-order valence-corrected chi connectivity index (χ0v) is 13.4. The molecule has 19 heavy (non-hydrogen) atoms. The Balaban J connectivity index is 2.35. The molecule has 3 atom stereocenters. The first-order chi connectivity index (χ1) is 9.17. The van der Waals surface area contributed by atoms with Gasteiger partial charge < -0.3 is 14.8 Å². The van der Waals surface area contributed by atoms with Crippen molar-refractivity contribution in [1.29, 1.82) is 0 Å². The average Bonchev–Trinajstić information content (AvgIpc) is 2.82. The minimum absolute atomic E-state index is 0.176. The molecule has 1 aromatic rings. The Hall–Kier alpha value is -0.580. The van der Waals surface area contributed by atoms with Gasteiger partial charge in [-0.2, -0.15) is 0 Å². The van der Waals surface area contributed by atoms with E-state index in [0.717, 1.165) is 35.4 Å². The summed E-state index contributed by atoms with van der Waals surface area (Å²) < 4.78 is 12.5. The molecule has 0 aliphatic carbocycles. The van der Waals surface area contributed by atoms with Gasteiger partial charge in [-0.25, -0.2) is 0 Å². The summed E-state index contributed by atoms with van der Waals surface area (Å²) in [6.07, 6.45) is 1.34. The number of likely N-dealkylation sites (N-methyl/N-ethyl adjacent to an activating group) is 1. The maximum Gasteiger partial charge on any atom is 0.123 e. The van der Waals surface area contributed by atoms with Crippen molar-refractivity contribution in [3.8, 4) is 5.75 Å². The van der Waals surface area contributed by atoms with Crippen LogP contribution in [-0.2, 0) is 4.74 Å². The lowest BCUT2D eigenvalue weighted by Crippen LogP contribution is -2.35. The summed E-state index contributed by atoms with van der Waals surface area (Å²) in [6, 6.07) is 6.31. The Bertz CT molecular complexity index is 425. The van der Waals surface area contributed by atoms with Gasteiger partial charge in [0.2, 0.25) is 0 Å². The minimum atomic E-state index is 0.176. The van der Waals surface area contributed by atoms with Crippen molar-refractivity contribution in [3.05, 3.63) is 28.2 Å². The lowest BCUT2D eigenvalue weighted by atomic mass is 9.92. The summed E-state index contributed by atoms with van der Waals surface area (Å²) in [7, 11) is 1.72. The van der Waals surface area contributed by atoms with Crippen LogP contribution in [0.5, 0.6) is 5.75 Å². The van der Waals surface area contributed by atoms with Crippen molar-refractivity contribution < 1.29 is 9.47 Å². The number of methoxy groups -OCH3 is 1. The Morgan fingerprint density at radius 2 is 2.32 bits per heavy atom. The molecule has 106 valence electrons. The zero-order chi connectivity index (χ0) is 13.8. The van der Waals surface area contributed by atoms with E-state index in [1.807, 2.05) is 12.1 Å². The van der Waals surface area contributed by atoms with Gasteiger partial charge in [-0.15, -0.1) is 0 Å². The Morgan fingerprint density at radius 1 is 1.53 bits per heavy atom. The molecule has 0 amide bonds. The average molecular weight is 328 g/mol. The number of ether oxygens (including phenoxy) is 2. The highest BCUT2D eigenvalue weighted by molar-refractivity contribution is 9.10. The standard InChI is InChI=1S/C15H22BrNO2/c1-4-17-14(15-10(2)7-8-19-15)12-9-11(16)5-6-13(12)18-3/h5-6,9-10,14-15,17H,4,7-8H2,1-3H3. The molecule has 0 spiro atoms. The number of benzene rings is 1. The summed E-state index contributed by atoms with van der Waals surface area (Å²) >= 11 is 3.54. The Labute approximate surface area is 123 Å². The summed E-state index contributed by atoms with van der Waals surface area (Å²) in [5.41, 5.74) is 1.16. The van der Waals surface area contributed by atoms with Crippen LogP contribution in [0.2, 0.25) is 0 Å². The largest absolute Gasteiger partial charge is 0.496 e. The monoisotopic (exact) mass is 327 g/mol. The molecule has 1 saturated heterocycles. The van der Waals surface area contributed by atoms with Crippen molar-refractivity contribution in [2.75, 3.05) is 20.3 Å². The maximum absolute atomic E-state index is 5.94. The van der Waals surface area contributed by atoms with Crippen LogP contribution in [0.3, 0.4) is 0 Å². The summed E-state index contributed by atoms with van der Waals surface area (Å²) in [4.78, 5) is 0. The van der Waals surface area contributed by atoms with Crippen LogP contribution in [0.25, 0.3) is 0 Å². The second kappa shape index (κ2) is 6.73. The summed E-state index contributed by atoms with van der Waals surface area (Å²) in [5, 5.41) is 3.55. The van der Waals surface area contributed by atoms with E-state index in [1.165, 1.54) is 0 Å². The van der Waals surface area contributed by atoms with Gasteiger partial charge in [0.1, 0.15) is 5.75 Å². The number of rotatable bonds is 5. The second-order valence-corrected chi connectivity index (χ2v) is 5.94. The number of hydrogen-bond donors (Lipinski definition) is 1.